The molecule has 0 bridgehead atoms. The maximum Gasteiger partial charge on any atom is 0.264 e. The minimum atomic E-state index is -3.93. The number of ether oxygens (including phenoxy) is 1. The van der Waals surface area contributed by atoms with E-state index in [2.05, 4.69) is 21.2 Å². The minimum absolute atomic E-state index is 0.124. The maximum atomic E-state index is 13.4. The highest BCUT2D eigenvalue weighted by Crippen LogP contribution is 2.29. The van der Waals surface area contributed by atoms with Crippen LogP contribution in [0.3, 0.4) is 0 Å². The lowest BCUT2D eigenvalue weighted by Crippen LogP contribution is -2.41. The van der Waals surface area contributed by atoms with E-state index in [1.165, 1.54) is 37.8 Å². The van der Waals surface area contributed by atoms with Crippen LogP contribution in [-0.2, 0) is 14.8 Å². The Balaban J connectivity index is 1.72. The highest BCUT2D eigenvalue weighted by molar-refractivity contribution is 9.10. The molecule has 1 fully saturated rings. The molecule has 0 radical (unpaired) electrons. The molecule has 1 saturated carbocycles. The standard InChI is InChI=1S/C23H29BrN2O4S2/c1-2-30-20-11-9-19(10-12-20)26(32(28,29)22-13-7-18(24)8-14-22)17-23(27)25-15-16-31-21-5-3-4-6-21/h7-14,21H,2-6,15-17H2,1H3,(H,25,27). The highest BCUT2D eigenvalue weighted by Gasteiger charge is 2.27. The summed E-state index contributed by atoms with van der Waals surface area (Å²) in [4.78, 5) is 12.8. The summed E-state index contributed by atoms with van der Waals surface area (Å²) in [5, 5.41) is 3.56. The van der Waals surface area contributed by atoms with Crippen molar-refractivity contribution in [2.75, 3.05) is 29.8 Å². The van der Waals surface area contributed by atoms with Crippen molar-refractivity contribution in [2.45, 2.75) is 42.8 Å². The first-order valence-corrected chi connectivity index (χ1v) is 14.1. The van der Waals surface area contributed by atoms with Crippen LogP contribution in [0, 0.1) is 0 Å². The van der Waals surface area contributed by atoms with Gasteiger partial charge in [-0.15, -0.1) is 0 Å². The number of nitrogens with zero attached hydrogens (tertiary/aromatic N) is 1. The van der Waals surface area contributed by atoms with Gasteiger partial charge in [0.1, 0.15) is 12.3 Å². The summed E-state index contributed by atoms with van der Waals surface area (Å²) in [6.45, 7) is 2.63. The molecule has 174 valence electrons. The second kappa shape index (κ2) is 12.0. The topological polar surface area (TPSA) is 75.7 Å². The second-order valence-electron chi connectivity index (χ2n) is 7.52. The number of carbonyl (C=O) groups excluding carboxylic acids is 1. The van der Waals surface area contributed by atoms with Crippen LogP contribution in [0.15, 0.2) is 57.9 Å². The molecule has 0 atom stereocenters. The molecule has 6 nitrogen and oxygen atoms in total. The van der Waals surface area contributed by atoms with E-state index < -0.39 is 10.0 Å². The predicted molar refractivity (Wildman–Crippen MR) is 134 cm³/mol. The Morgan fingerprint density at radius 2 is 1.78 bits per heavy atom. The normalized spacial score (nSPS) is 14.3. The fraction of sp³-hybridized carbons (Fsp3) is 0.435. The van der Waals surface area contributed by atoms with Gasteiger partial charge in [-0.3, -0.25) is 9.10 Å². The molecule has 2 aromatic rings. The van der Waals surface area contributed by atoms with E-state index >= 15 is 0 Å². The van der Waals surface area contributed by atoms with Gasteiger partial charge in [-0.05, 0) is 68.3 Å². The first-order chi connectivity index (χ1) is 15.4. The number of sulfonamides is 1. The number of hydrogen-bond donors (Lipinski definition) is 1. The van der Waals surface area contributed by atoms with Crippen LogP contribution in [0.1, 0.15) is 32.6 Å². The Hall–Kier alpha value is -1.71. The lowest BCUT2D eigenvalue weighted by Gasteiger charge is -2.24. The molecular formula is C23H29BrN2O4S2. The van der Waals surface area contributed by atoms with E-state index in [0.717, 1.165) is 14.5 Å². The van der Waals surface area contributed by atoms with Gasteiger partial charge in [-0.25, -0.2) is 8.42 Å². The van der Waals surface area contributed by atoms with Crippen molar-refractivity contribution in [2.24, 2.45) is 0 Å². The Morgan fingerprint density at radius 3 is 2.41 bits per heavy atom. The molecule has 0 heterocycles. The minimum Gasteiger partial charge on any atom is -0.494 e. The third-order valence-corrected chi connectivity index (χ3v) is 8.90. The van der Waals surface area contributed by atoms with E-state index in [0.29, 0.717) is 29.8 Å². The van der Waals surface area contributed by atoms with Crippen molar-refractivity contribution >= 4 is 49.3 Å². The van der Waals surface area contributed by atoms with Gasteiger partial charge < -0.3 is 10.1 Å². The van der Waals surface area contributed by atoms with Crippen LogP contribution in [0.4, 0.5) is 5.69 Å². The summed E-state index contributed by atoms with van der Waals surface area (Å²) < 4.78 is 34.2. The molecule has 3 rings (SSSR count). The zero-order valence-electron chi connectivity index (χ0n) is 18.1. The number of rotatable bonds is 11. The van der Waals surface area contributed by atoms with Gasteiger partial charge in [0.2, 0.25) is 5.91 Å². The summed E-state index contributed by atoms with van der Waals surface area (Å²) >= 11 is 5.21. The smallest absolute Gasteiger partial charge is 0.264 e. The van der Waals surface area contributed by atoms with Crippen LogP contribution in [0.5, 0.6) is 5.75 Å². The van der Waals surface area contributed by atoms with E-state index in [4.69, 9.17) is 4.74 Å². The van der Waals surface area contributed by atoms with E-state index in [9.17, 15) is 13.2 Å². The largest absolute Gasteiger partial charge is 0.494 e. The molecule has 1 aliphatic carbocycles. The zero-order valence-corrected chi connectivity index (χ0v) is 21.3. The van der Waals surface area contributed by atoms with Gasteiger partial charge in [0, 0.05) is 22.0 Å². The lowest BCUT2D eigenvalue weighted by atomic mass is 10.3. The maximum absolute atomic E-state index is 13.4. The third kappa shape index (κ3) is 6.89. The fourth-order valence-electron chi connectivity index (χ4n) is 3.58. The molecule has 0 spiro atoms. The molecule has 32 heavy (non-hydrogen) atoms. The predicted octanol–water partition coefficient (Wildman–Crippen LogP) is 4.84. The molecule has 0 unspecified atom stereocenters. The molecular weight excluding hydrogens is 512 g/mol. The monoisotopic (exact) mass is 540 g/mol. The van der Waals surface area contributed by atoms with Crippen molar-refractivity contribution in [1.29, 1.82) is 0 Å². The summed E-state index contributed by atoms with van der Waals surface area (Å²) in [7, 11) is -3.93. The number of hydrogen-bond acceptors (Lipinski definition) is 5. The fourth-order valence-corrected chi connectivity index (χ4v) is 6.49. The molecule has 1 amide bonds. The molecule has 0 aromatic heterocycles. The third-order valence-electron chi connectivity index (χ3n) is 5.20. The summed E-state index contributed by atoms with van der Waals surface area (Å²) in [6, 6.07) is 13.1. The lowest BCUT2D eigenvalue weighted by molar-refractivity contribution is -0.119. The van der Waals surface area contributed by atoms with Crippen LogP contribution >= 0.6 is 27.7 Å². The van der Waals surface area contributed by atoms with Gasteiger partial charge in [0.15, 0.2) is 0 Å². The van der Waals surface area contributed by atoms with Gasteiger partial charge in [-0.2, -0.15) is 11.8 Å². The number of amides is 1. The van der Waals surface area contributed by atoms with E-state index in [1.807, 2.05) is 18.7 Å². The van der Waals surface area contributed by atoms with Crippen molar-refractivity contribution in [3.63, 3.8) is 0 Å². The zero-order chi connectivity index (χ0) is 23.0. The molecule has 0 aliphatic heterocycles. The van der Waals surface area contributed by atoms with Crippen LogP contribution < -0.4 is 14.4 Å². The van der Waals surface area contributed by atoms with Gasteiger partial charge in [0.05, 0.1) is 17.2 Å². The summed E-state index contributed by atoms with van der Waals surface area (Å²) in [5.41, 5.74) is 0.409. The van der Waals surface area contributed by atoms with Crippen molar-refractivity contribution in [1.82, 2.24) is 5.32 Å². The van der Waals surface area contributed by atoms with Crippen LogP contribution in [-0.4, -0.2) is 45.0 Å². The molecule has 2 aromatic carbocycles. The van der Waals surface area contributed by atoms with Gasteiger partial charge in [-0.1, -0.05) is 28.8 Å². The number of carbonyl (C=O) groups is 1. The number of benzene rings is 2. The Kier molecular flexibility index (Phi) is 9.31. The van der Waals surface area contributed by atoms with Crippen LogP contribution in [0.2, 0.25) is 0 Å². The highest BCUT2D eigenvalue weighted by atomic mass is 79.9. The quantitative estimate of drug-likeness (QED) is 0.413. The number of thioether (sulfide) groups is 1. The molecule has 1 aliphatic rings. The number of halogens is 1. The first kappa shape index (κ1) is 24.9. The molecule has 9 heteroatoms. The average molecular weight is 542 g/mol. The SMILES string of the molecule is CCOc1ccc(N(CC(=O)NCCSC2CCCC2)S(=O)(=O)c2ccc(Br)cc2)cc1. The van der Waals surface area contributed by atoms with Crippen molar-refractivity contribution in [3.8, 4) is 5.75 Å². The van der Waals surface area contributed by atoms with Gasteiger partial charge >= 0.3 is 0 Å². The Labute approximate surface area is 203 Å². The van der Waals surface area contributed by atoms with Crippen molar-refractivity contribution in [3.05, 3.63) is 53.0 Å². The van der Waals surface area contributed by atoms with E-state index in [1.54, 1.807) is 36.4 Å². The van der Waals surface area contributed by atoms with E-state index in [-0.39, 0.29) is 17.3 Å². The second-order valence-corrected chi connectivity index (χ2v) is 11.7. The van der Waals surface area contributed by atoms with Gasteiger partial charge in [0.25, 0.3) is 10.0 Å². The molecule has 1 N–H and O–H groups in total. The van der Waals surface area contributed by atoms with Crippen molar-refractivity contribution < 1.29 is 17.9 Å². The van der Waals surface area contributed by atoms with Crippen LogP contribution in [0.25, 0.3) is 0 Å². The summed E-state index contributed by atoms with van der Waals surface area (Å²) in [5.74, 6) is 1.15. The Bertz CT molecular complexity index is 976. The number of nitrogens with one attached hydrogen (secondary N) is 1. The summed E-state index contributed by atoms with van der Waals surface area (Å²) in [6.07, 6.45) is 5.06. The first-order valence-electron chi connectivity index (χ1n) is 10.8. The molecule has 0 saturated heterocycles. The average Bonchev–Trinajstić information content (AvgIpc) is 3.30. The number of anilines is 1. The Morgan fingerprint density at radius 1 is 1.12 bits per heavy atom.